The molecule has 0 N–H and O–H groups in total. The highest BCUT2D eigenvalue weighted by Crippen LogP contribution is 2.29. The quantitative estimate of drug-likeness (QED) is 0.823. The molecule has 0 heterocycles. The average Bonchev–Trinajstić information content (AvgIpc) is 2.27. The molecule has 0 unspecified atom stereocenters. The van der Waals surface area contributed by atoms with Crippen LogP contribution in [0.4, 0.5) is 0 Å². The van der Waals surface area contributed by atoms with E-state index in [1.54, 1.807) is 26.0 Å². The van der Waals surface area contributed by atoms with Crippen molar-refractivity contribution in [2.75, 3.05) is 7.11 Å². The Morgan fingerprint density at radius 1 is 1.22 bits per heavy atom. The van der Waals surface area contributed by atoms with Crippen molar-refractivity contribution in [2.45, 2.75) is 36.8 Å². The van der Waals surface area contributed by atoms with Gasteiger partial charge in [0.2, 0.25) is 0 Å². The lowest BCUT2D eigenvalue weighted by atomic mass is 10.1. The molecule has 0 aliphatic heterocycles. The standard InChI is InChI=1S/C13H18O4S/c1-10(14)9-13(2,3)18(15,16)12-7-5-11(17-4)6-8-12/h5-8H,9H2,1-4H3. The molecule has 0 saturated heterocycles. The van der Waals surface area contributed by atoms with Gasteiger partial charge in [-0.25, -0.2) is 8.42 Å². The van der Waals surface area contributed by atoms with Gasteiger partial charge in [0, 0.05) is 6.42 Å². The molecule has 0 bridgehead atoms. The molecule has 0 atom stereocenters. The number of hydrogen-bond donors (Lipinski definition) is 0. The number of rotatable bonds is 5. The minimum absolute atomic E-state index is 0.00135. The summed E-state index contributed by atoms with van der Waals surface area (Å²) in [5.74, 6) is 0.454. The van der Waals surface area contributed by atoms with Gasteiger partial charge >= 0.3 is 0 Å². The van der Waals surface area contributed by atoms with Gasteiger partial charge in [-0.15, -0.1) is 0 Å². The fourth-order valence-corrected chi connectivity index (χ4v) is 3.29. The van der Waals surface area contributed by atoms with Gasteiger partial charge in [-0.1, -0.05) is 0 Å². The van der Waals surface area contributed by atoms with Crippen LogP contribution in [-0.4, -0.2) is 26.1 Å². The second kappa shape index (κ2) is 5.10. The molecule has 1 rings (SSSR count). The van der Waals surface area contributed by atoms with Crippen LogP contribution < -0.4 is 4.74 Å². The Labute approximate surface area is 108 Å². The number of methoxy groups -OCH3 is 1. The van der Waals surface area contributed by atoms with Gasteiger partial charge in [-0.3, -0.25) is 4.79 Å². The summed E-state index contributed by atoms with van der Waals surface area (Å²) in [5, 5.41) is 0. The molecule has 0 radical (unpaired) electrons. The monoisotopic (exact) mass is 270 g/mol. The number of carbonyl (C=O) groups is 1. The van der Waals surface area contributed by atoms with Crippen LogP contribution in [0, 0.1) is 0 Å². The molecular formula is C13H18O4S. The number of carbonyl (C=O) groups excluding carboxylic acids is 1. The molecule has 18 heavy (non-hydrogen) atoms. The molecule has 0 aromatic heterocycles. The lowest BCUT2D eigenvalue weighted by molar-refractivity contribution is -0.117. The minimum Gasteiger partial charge on any atom is -0.497 e. The number of sulfone groups is 1. The van der Waals surface area contributed by atoms with E-state index >= 15 is 0 Å². The third-order valence-electron chi connectivity index (χ3n) is 2.77. The third kappa shape index (κ3) is 2.90. The van der Waals surface area contributed by atoms with Crippen molar-refractivity contribution in [3.8, 4) is 5.75 Å². The fraction of sp³-hybridized carbons (Fsp3) is 0.462. The molecule has 0 saturated carbocycles. The first kappa shape index (κ1) is 14.7. The molecule has 100 valence electrons. The maximum atomic E-state index is 12.4. The Kier molecular flexibility index (Phi) is 4.16. The summed E-state index contributed by atoms with van der Waals surface area (Å²) in [6.45, 7) is 4.52. The predicted molar refractivity (Wildman–Crippen MR) is 69.6 cm³/mol. The Bertz CT molecular complexity index is 527. The maximum Gasteiger partial charge on any atom is 0.183 e. The van der Waals surface area contributed by atoms with Crippen molar-refractivity contribution >= 4 is 15.6 Å². The number of Topliss-reactive ketones (excluding diaryl/α,β-unsaturated/α-hetero) is 1. The number of hydrogen-bond acceptors (Lipinski definition) is 4. The van der Waals surface area contributed by atoms with E-state index in [1.165, 1.54) is 26.2 Å². The normalized spacial score (nSPS) is 12.2. The van der Waals surface area contributed by atoms with Gasteiger partial charge in [0.05, 0.1) is 16.8 Å². The van der Waals surface area contributed by atoms with E-state index in [1.807, 2.05) is 0 Å². The molecule has 5 heteroatoms. The first-order chi connectivity index (χ1) is 8.20. The van der Waals surface area contributed by atoms with Crippen LogP contribution in [0.1, 0.15) is 27.2 Å². The molecular weight excluding hydrogens is 252 g/mol. The highest BCUT2D eigenvalue weighted by Gasteiger charge is 2.36. The average molecular weight is 270 g/mol. The van der Waals surface area contributed by atoms with Crippen LogP contribution in [0.5, 0.6) is 5.75 Å². The molecule has 0 spiro atoms. The first-order valence-electron chi connectivity index (χ1n) is 5.59. The van der Waals surface area contributed by atoms with Crippen molar-refractivity contribution in [1.29, 1.82) is 0 Å². The Morgan fingerprint density at radius 2 is 1.72 bits per heavy atom. The number of benzene rings is 1. The highest BCUT2D eigenvalue weighted by molar-refractivity contribution is 7.92. The lowest BCUT2D eigenvalue weighted by Crippen LogP contribution is -2.34. The molecule has 4 nitrogen and oxygen atoms in total. The van der Waals surface area contributed by atoms with Crippen LogP contribution in [0.15, 0.2) is 29.2 Å². The van der Waals surface area contributed by atoms with Crippen molar-refractivity contribution in [3.05, 3.63) is 24.3 Å². The number of ketones is 1. The van der Waals surface area contributed by atoms with Crippen molar-refractivity contribution < 1.29 is 17.9 Å². The maximum absolute atomic E-state index is 12.4. The van der Waals surface area contributed by atoms with Crippen LogP contribution >= 0.6 is 0 Å². The summed E-state index contributed by atoms with van der Waals surface area (Å²) in [6.07, 6.45) is 0.00135. The fourth-order valence-electron chi connectivity index (χ4n) is 1.77. The smallest absolute Gasteiger partial charge is 0.183 e. The van der Waals surface area contributed by atoms with E-state index in [0.29, 0.717) is 5.75 Å². The van der Waals surface area contributed by atoms with Crippen LogP contribution in [0.3, 0.4) is 0 Å². The zero-order chi connectivity index (χ0) is 14.0. The van der Waals surface area contributed by atoms with Crippen molar-refractivity contribution in [1.82, 2.24) is 0 Å². The molecule has 0 aliphatic rings. The Morgan fingerprint density at radius 3 is 2.11 bits per heavy atom. The van der Waals surface area contributed by atoms with E-state index in [0.717, 1.165) is 0 Å². The summed E-state index contributed by atoms with van der Waals surface area (Å²) >= 11 is 0. The summed E-state index contributed by atoms with van der Waals surface area (Å²) < 4.78 is 28.7. The molecule has 0 amide bonds. The van der Waals surface area contributed by atoms with Gasteiger partial charge < -0.3 is 4.74 Å². The van der Waals surface area contributed by atoms with Gasteiger partial charge in [-0.05, 0) is 45.0 Å². The topological polar surface area (TPSA) is 60.4 Å². The van der Waals surface area contributed by atoms with Gasteiger partial charge in [0.25, 0.3) is 0 Å². The van der Waals surface area contributed by atoms with Crippen LogP contribution in [-0.2, 0) is 14.6 Å². The predicted octanol–water partition coefficient (Wildman–Crippen LogP) is 2.23. The molecule has 1 aromatic rings. The van der Waals surface area contributed by atoms with Gasteiger partial charge in [0.1, 0.15) is 11.5 Å². The van der Waals surface area contributed by atoms with E-state index in [9.17, 15) is 13.2 Å². The van der Waals surface area contributed by atoms with Crippen molar-refractivity contribution in [2.24, 2.45) is 0 Å². The number of ether oxygens (including phenoxy) is 1. The second-order valence-corrected chi connectivity index (χ2v) is 7.40. The van der Waals surface area contributed by atoms with Gasteiger partial charge in [-0.2, -0.15) is 0 Å². The highest BCUT2D eigenvalue weighted by atomic mass is 32.2. The third-order valence-corrected chi connectivity index (χ3v) is 5.26. The minimum atomic E-state index is -3.53. The summed E-state index contributed by atoms with van der Waals surface area (Å²) in [4.78, 5) is 11.4. The zero-order valence-electron chi connectivity index (χ0n) is 11.1. The molecule has 0 fully saturated rings. The van der Waals surface area contributed by atoms with E-state index in [4.69, 9.17) is 4.74 Å². The molecule has 0 aliphatic carbocycles. The zero-order valence-corrected chi connectivity index (χ0v) is 11.9. The van der Waals surface area contributed by atoms with E-state index < -0.39 is 14.6 Å². The Balaban J connectivity index is 3.16. The molecule has 1 aromatic carbocycles. The first-order valence-corrected chi connectivity index (χ1v) is 7.07. The van der Waals surface area contributed by atoms with Crippen LogP contribution in [0.25, 0.3) is 0 Å². The SMILES string of the molecule is COc1ccc(S(=O)(=O)C(C)(C)CC(C)=O)cc1. The summed E-state index contributed by atoms with van der Waals surface area (Å²) in [6, 6.07) is 6.18. The Hall–Kier alpha value is -1.36. The van der Waals surface area contributed by atoms with E-state index in [2.05, 4.69) is 0 Å². The second-order valence-electron chi connectivity index (χ2n) is 4.82. The van der Waals surface area contributed by atoms with E-state index in [-0.39, 0.29) is 17.1 Å². The van der Waals surface area contributed by atoms with Crippen molar-refractivity contribution in [3.63, 3.8) is 0 Å². The summed E-state index contributed by atoms with van der Waals surface area (Å²) in [5.41, 5.74) is 0. The summed E-state index contributed by atoms with van der Waals surface area (Å²) in [7, 11) is -2.02. The van der Waals surface area contributed by atoms with Crippen LogP contribution in [0.2, 0.25) is 0 Å². The largest absolute Gasteiger partial charge is 0.497 e. The van der Waals surface area contributed by atoms with Gasteiger partial charge in [0.15, 0.2) is 9.84 Å². The lowest BCUT2D eigenvalue weighted by Gasteiger charge is -2.23.